The van der Waals surface area contributed by atoms with Gasteiger partial charge in [0.05, 0.1) is 30.9 Å². The summed E-state index contributed by atoms with van der Waals surface area (Å²) in [4.78, 5) is 7.42. The SMILES string of the molecule is COc1cc2nc3ccccc3c(N[C@@H]3CCCN(C(C)C)C3)c2cc1OC. The van der Waals surface area contributed by atoms with Crippen LogP contribution in [0.15, 0.2) is 36.4 Å². The standard InChI is InChI=1S/C23H29N3O2/c1-15(2)26-11-7-8-16(14-26)24-23-17-9-5-6-10-19(17)25-20-13-22(28-4)21(27-3)12-18(20)23/h5-6,9-10,12-13,15-16H,7-8,11,14H2,1-4H3,(H,24,25)/t16-/m1/s1. The molecule has 5 nitrogen and oxygen atoms in total. The third-order valence-corrected chi connectivity index (χ3v) is 5.72. The van der Waals surface area contributed by atoms with Crippen LogP contribution in [0.2, 0.25) is 0 Å². The zero-order chi connectivity index (χ0) is 19.7. The summed E-state index contributed by atoms with van der Waals surface area (Å²) in [5, 5.41) is 6.07. The van der Waals surface area contributed by atoms with E-state index in [1.807, 2.05) is 18.2 Å². The number of benzene rings is 2. The largest absolute Gasteiger partial charge is 0.493 e. The van der Waals surface area contributed by atoms with Crippen LogP contribution in [0.5, 0.6) is 11.5 Å². The maximum absolute atomic E-state index is 5.56. The molecule has 1 aliphatic rings. The number of anilines is 1. The summed E-state index contributed by atoms with van der Waals surface area (Å²) in [6, 6.07) is 13.3. The molecule has 0 amide bonds. The quantitative estimate of drug-likeness (QED) is 0.652. The molecule has 0 unspecified atom stereocenters. The summed E-state index contributed by atoms with van der Waals surface area (Å²) < 4.78 is 11.1. The molecule has 0 bridgehead atoms. The van der Waals surface area contributed by atoms with Crippen molar-refractivity contribution in [1.29, 1.82) is 0 Å². The normalized spacial score (nSPS) is 18.0. The topological polar surface area (TPSA) is 46.6 Å². The smallest absolute Gasteiger partial charge is 0.162 e. The zero-order valence-electron chi connectivity index (χ0n) is 17.2. The van der Waals surface area contributed by atoms with Gasteiger partial charge in [0.1, 0.15) is 0 Å². The van der Waals surface area contributed by atoms with Crippen molar-refractivity contribution < 1.29 is 9.47 Å². The van der Waals surface area contributed by atoms with E-state index >= 15 is 0 Å². The molecule has 1 aliphatic heterocycles. The molecule has 28 heavy (non-hydrogen) atoms. The number of ether oxygens (including phenoxy) is 2. The van der Waals surface area contributed by atoms with Crippen LogP contribution in [-0.4, -0.2) is 49.3 Å². The highest BCUT2D eigenvalue weighted by molar-refractivity contribution is 6.08. The van der Waals surface area contributed by atoms with Crippen LogP contribution in [0.1, 0.15) is 26.7 Å². The molecule has 3 aromatic rings. The minimum absolute atomic E-state index is 0.415. The average molecular weight is 380 g/mol. The Labute approximate surface area is 166 Å². The Hall–Kier alpha value is -2.53. The van der Waals surface area contributed by atoms with E-state index in [0.717, 1.165) is 39.8 Å². The van der Waals surface area contributed by atoms with Crippen LogP contribution >= 0.6 is 0 Å². The van der Waals surface area contributed by atoms with Gasteiger partial charge in [-0.25, -0.2) is 4.98 Å². The number of rotatable bonds is 5. The zero-order valence-corrected chi connectivity index (χ0v) is 17.2. The Bertz CT molecular complexity index is 986. The molecule has 148 valence electrons. The van der Waals surface area contributed by atoms with Gasteiger partial charge in [0.2, 0.25) is 0 Å². The van der Waals surface area contributed by atoms with Crippen molar-refractivity contribution in [2.24, 2.45) is 0 Å². The van der Waals surface area contributed by atoms with E-state index in [-0.39, 0.29) is 0 Å². The number of piperidine rings is 1. The molecule has 4 rings (SSSR count). The van der Waals surface area contributed by atoms with Gasteiger partial charge >= 0.3 is 0 Å². The lowest BCUT2D eigenvalue weighted by Crippen LogP contribution is -2.45. The van der Waals surface area contributed by atoms with E-state index in [4.69, 9.17) is 14.5 Å². The van der Waals surface area contributed by atoms with E-state index in [0.29, 0.717) is 17.8 Å². The highest BCUT2D eigenvalue weighted by Gasteiger charge is 2.23. The van der Waals surface area contributed by atoms with Crippen LogP contribution in [0.3, 0.4) is 0 Å². The van der Waals surface area contributed by atoms with E-state index in [1.165, 1.54) is 19.4 Å². The number of fused-ring (bicyclic) bond motifs is 2. The molecular weight excluding hydrogens is 350 g/mol. The second-order valence-electron chi connectivity index (χ2n) is 7.80. The first-order chi connectivity index (χ1) is 13.6. The van der Waals surface area contributed by atoms with Crippen molar-refractivity contribution >= 4 is 27.5 Å². The molecule has 0 aliphatic carbocycles. The maximum atomic E-state index is 5.56. The van der Waals surface area contributed by atoms with Crippen molar-refractivity contribution in [1.82, 2.24) is 9.88 Å². The van der Waals surface area contributed by atoms with Gasteiger partial charge in [-0.1, -0.05) is 18.2 Å². The fourth-order valence-electron chi connectivity index (χ4n) is 4.17. The van der Waals surface area contributed by atoms with Gasteiger partial charge in [-0.3, -0.25) is 4.90 Å². The molecule has 1 N–H and O–H groups in total. The Kier molecular flexibility index (Phi) is 5.27. The highest BCUT2D eigenvalue weighted by Crippen LogP contribution is 2.38. The predicted molar refractivity (Wildman–Crippen MR) is 116 cm³/mol. The van der Waals surface area contributed by atoms with E-state index in [2.05, 4.69) is 42.3 Å². The summed E-state index contributed by atoms with van der Waals surface area (Å²) in [5.41, 5.74) is 3.04. The van der Waals surface area contributed by atoms with E-state index in [9.17, 15) is 0 Å². The van der Waals surface area contributed by atoms with Gasteiger partial charge in [-0.2, -0.15) is 0 Å². The summed E-state index contributed by atoms with van der Waals surface area (Å²) in [6.07, 6.45) is 2.39. The van der Waals surface area contributed by atoms with Crippen molar-refractivity contribution in [3.8, 4) is 11.5 Å². The van der Waals surface area contributed by atoms with Gasteiger partial charge in [0, 0.05) is 35.5 Å². The summed E-state index contributed by atoms with van der Waals surface area (Å²) in [7, 11) is 3.33. The highest BCUT2D eigenvalue weighted by atomic mass is 16.5. The second-order valence-corrected chi connectivity index (χ2v) is 7.80. The minimum Gasteiger partial charge on any atom is -0.493 e. The van der Waals surface area contributed by atoms with Crippen LogP contribution < -0.4 is 14.8 Å². The summed E-state index contributed by atoms with van der Waals surface area (Å²) in [5.74, 6) is 1.43. The average Bonchev–Trinajstić information content (AvgIpc) is 2.72. The number of aromatic nitrogens is 1. The Morgan fingerprint density at radius 1 is 1.04 bits per heavy atom. The molecule has 1 fully saturated rings. The van der Waals surface area contributed by atoms with E-state index in [1.54, 1.807) is 14.2 Å². The molecule has 5 heteroatoms. The lowest BCUT2D eigenvalue weighted by Gasteiger charge is -2.36. The Morgan fingerprint density at radius 3 is 2.54 bits per heavy atom. The third kappa shape index (κ3) is 3.47. The van der Waals surface area contributed by atoms with Gasteiger partial charge in [0.15, 0.2) is 11.5 Å². The minimum atomic E-state index is 0.415. The molecule has 1 atom stereocenters. The third-order valence-electron chi connectivity index (χ3n) is 5.72. The lowest BCUT2D eigenvalue weighted by atomic mass is 10.0. The number of hydrogen-bond acceptors (Lipinski definition) is 5. The van der Waals surface area contributed by atoms with Gasteiger partial charge in [-0.05, 0) is 45.4 Å². The first-order valence-electron chi connectivity index (χ1n) is 10.1. The van der Waals surface area contributed by atoms with Crippen LogP contribution in [0.25, 0.3) is 21.8 Å². The fraction of sp³-hybridized carbons (Fsp3) is 0.435. The molecular formula is C23H29N3O2. The van der Waals surface area contributed by atoms with Crippen molar-refractivity contribution in [3.05, 3.63) is 36.4 Å². The van der Waals surface area contributed by atoms with Gasteiger partial charge in [-0.15, -0.1) is 0 Å². The monoisotopic (exact) mass is 379 g/mol. The molecule has 1 aromatic heterocycles. The second kappa shape index (κ2) is 7.84. The Morgan fingerprint density at radius 2 is 1.79 bits per heavy atom. The number of hydrogen-bond donors (Lipinski definition) is 1. The van der Waals surface area contributed by atoms with Crippen LogP contribution in [0.4, 0.5) is 5.69 Å². The van der Waals surface area contributed by atoms with Crippen molar-refractivity contribution in [2.45, 2.75) is 38.8 Å². The molecule has 0 saturated carbocycles. The molecule has 2 heterocycles. The maximum Gasteiger partial charge on any atom is 0.162 e. The summed E-state index contributed by atoms with van der Waals surface area (Å²) >= 11 is 0. The van der Waals surface area contributed by atoms with E-state index < -0.39 is 0 Å². The number of para-hydroxylation sites is 1. The molecule has 1 saturated heterocycles. The molecule has 0 spiro atoms. The number of nitrogens with one attached hydrogen (secondary N) is 1. The number of pyridine rings is 1. The number of methoxy groups -OCH3 is 2. The molecule has 2 aromatic carbocycles. The van der Waals surface area contributed by atoms with Crippen molar-refractivity contribution in [3.63, 3.8) is 0 Å². The summed E-state index contributed by atoms with van der Waals surface area (Å²) in [6.45, 7) is 6.79. The molecule has 0 radical (unpaired) electrons. The predicted octanol–water partition coefficient (Wildman–Crippen LogP) is 4.69. The van der Waals surface area contributed by atoms with Gasteiger partial charge < -0.3 is 14.8 Å². The number of likely N-dealkylation sites (tertiary alicyclic amines) is 1. The van der Waals surface area contributed by atoms with Crippen LogP contribution in [0, 0.1) is 0 Å². The first kappa shape index (κ1) is 18.8. The Balaban J connectivity index is 1.84. The fourth-order valence-corrected chi connectivity index (χ4v) is 4.17. The van der Waals surface area contributed by atoms with Crippen LogP contribution in [-0.2, 0) is 0 Å². The lowest BCUT2D eigenvalue weighted by molar-refractivity contribution is 0.175. The first-order valence-corrected chi connectivity index (χ1v) is 10.1. The van der Waals surface area contributed by atoms with Crippen molar-refractivity contribution in [2.75, 3.05) is 32.6 Å². The van der Waals surface area contributed by atoms with Gasteiger partial charge in [0.25, 0.3) is 0 Å². The number of nitrogens with zero attached hydrogens (tertiary/aromatic N) is 2.